The third kappa shape index (κ3) is 5.32. The SMILES string of the molecule is CN(CC(=O)Nc1ccc(S(=O)(=O)N2CCCC2)cc1)Cc1ccc(Cl)cc1. The van der Waals surface area contributed by atoms with E-state index in [-0.39, 0.29) is 17.3 Å². The largest absolute Gasteiger partial charge is 0.325 e. The van der Waals surface area contributed by atoms with Gasteiger partial charge in [0.25, 0.3) is 0 Å². The summed E-state index contributed by atoms with van der Waals surface area (Å²) in [6, 6.07) is 13.8. The molecule has 8 heteroatoms. The fraction of sp³-hybridized carbons (Fsp3) is 0.350. The maximum atomic E-state index is 12.5. The number of anilines is 1. The summed E-state index contributed by atoms with van der Waals surface area (Å²) in [6.07, 6.45) is 1.80. The van der Waals surface area contributed by atoms with E-state index in [1.54, 1.807) is 24.3 Å². The van der Waals surface area contributed by atoms with Crippen LogP contribution in [0.5, 0.6) is 0 Å². The van der Waals surface area contributed by atoms with E-state index < -0.39 is 10.0 Å². The molecule has 2 aromatic rings. The van der Waals surface area contributed by atoms with Gasteiger partial charge in [0.15, 0.2) is 0 Å². The Morgan fingerprint density at radius 2 is 1.68 bits per heavy atom. The number of nitrogens with zero attached hydrogens (tertiary/aromatic N) is 2. The van der Waals surface area contributed by atoms with Gasteiger partial charge in [0, 0.05) is 30.3 Å². The first-order valence-electron chi connectivity index (χ1n) is 9.18. The molecule has 6 nitrogen and oxygen atoms in total. The molecule has 1 saturated heterocycles. The van der Waals surface area contributed by atoms with Crippen LogP contribution in [0.25, 0.3) is 0 Å². The fourth-order valence-electron chi connectivity index (χ4n) is 3.19. The molecule has 1 aliphatic rings. The predicted octanol–water partition coefficient (Wildman–Crippen LogP) is 3.20. The lowest BCUT2D eigenvalue weighted by molar-refractivity contribution is -0.117. The Balaban J connectivity index is 1.54. The van der Waals surface area contributed by atoms with Gasteiger partial charge in [-0.15, -0.1) is 0 Å². The van der Waals surface area contributed by atoms with Crippen LogP contribution in [0.1, 0.15) is 18.4 Å². The van der Waals surface area contributed by atoms with Crippen molar-refractivity contribution >= 4 is 33.2 Å². The first kappa shape index (κ1) is 20.8. The molecule has 0 radical (unpaired) electrons. The van der Waals surface area contributed by atoms with Gasteiger partial charge in [-0.1, -0.05) is 23.7 Å². The minimum atomic E-state index is -3.44. The number of amides is 1. The Hall–Kier alpha value is -1.93. The lowest BCUT2D eigenvalue weighted by Gasteiger charge is -2.17. The zero-order chi connectivity index (χ0) is 20.1. The summed E-state index contributed by atoms with van der Waals surface area (Å²) in [6.45, 7) is 1.98. The number of carbonyl (C=O) groups excluding carboxylic acids is 1. The van der Waals surface area contributed by atoms with Gasteiger partial charge in [-0.3, -0.25) is 9.69 Å². The Bertz CT molecular complexity index is 909. The Labute approximate surface area is 171 Å². The van der Waals surface area contributed by atoms with Gasteiger partial charge < -0.3 is 5.32 Å². The van der Waals surface area contributed by atoms with Crippen LogP contribution in [-0.4, -0.2) is 50.2 Å². The van der Waals surface area contributed by atoms with E-state index in [9.17, 15) is 13.2 Å². The van der Waals surface area contributed by atoms with Crippen molar-refractivity contribution in [2.24, 2.45) is 0 Å². The number of sulfonamides is 1. The van der Waals surface area contributed by atoms with Crippen LogP contribution >= 0.6 is 11.6 Å². The van der Waals surface area contributed by atoms with E-state index >= 15 is 0 Å². The molecule has 1 N–H and O–H groups in total. The van der Waals surface area contributed by atoms with Crippen LogP contribution < -0.4 is 5.32 Å². The summed E-state index contributed by atoms with van der Waals surface area (Å²) >= 11 is 5.88. The number of likely N-dealkylation sites (N-methyl/N-ethyl adjacent to an activating group) is 1. The number of hydrogen-bond donors (Lipinski definition) is 1. The molecular formula is C20H24ClN3O3S. The van der Waals surface area contributed by atoms with E-state index in [0.29, 0.717) is 30.3 Å². The lowest BCUT2D eigenvalue weighted by Crippen LogP contribution is -2.30. The summed E-state index contributed by atoms with van der Waals surface area (Å²) in [7, 11) is -1.58. The number of hydrogen-bond acceptors (Lipinski definition) is 4. The number of rotatable bonds is 7. The standard InChI is InChI=1S/C20H24ClN3O3S/c1-23(14-16-4-6-17(21)7-5-16)15-20(25)22-18-8-10-19(11-9-18)28(26,27)24-12-2-3-13-24/h4-11H,2-3,12-15H2,1H3,(H,22,25). The highest BCUT2D eigenvalue weighted by Gasteiger charge is 2.26. The molecule has 28 heavy (non-hydrogen) atoms. The van der Waals surface area contributed by atoms with Gasteiger partial charge in [0.05, 0.1) is 11.4 Å². The van der Waals surface area contributed by atoms with Crippen molar-refractivity contribution in [3.8, 4) is 0 Å². The van der Waals surface area contributed by atoms with Crippen LogP contribution in [0.2, 0.25) is 5.02 Å². The van der Waals surface area contributed by atoms with Crippen molar-refractivity contribution in [1.29, 1.82) is 0 Å². The monoisotopic (exact) mass is 421 g/mol. The van der Waals surface area contributed by atoms with Crippen molar-refractivity contribution in [3.05, 3.63) is 59.1 Å². The van der Waals surface area contributed by atoms with Crippen molar-refractivity contribution in [2.45, 2.75) is 24.3 Å². The van der Waals surface area contributed by atoms with E-state index in [0.717, 1.165) is 18.4 Å². The van der Waals surface area contributed by atoms with E-state index in [1.165, 1.54) is 4.31 Å². The van der Waals surface area contributed by atoms with Crippen LogP contribution in [0.3, 0.4) is 0 Å². The molecule has 0 bridgehead atoms. The second-order valence-electron chi connectivity index (χ2n) is 6.98. The normalized spacial score (nSPS) is 15.1. The Kier molecular flexibility index (Phi) is 6.72. The quantitative estimate of drug-likeness (QED) is 0.745. The van der Waals surface area contributed by atoms with Crippen molar-refractivity contribution in [2.75, 3.05) is 32.0 Å². The maximum Gasteiger partial charge on any atom is 0.243 e. The molecule has 0 aliphatic carbocycles. The van der Waals surface area contributed by atoms with Crippen LogP contribution in [0.4, 0.5) is 5.69 Å². The van der Waals surface area contributed by atoms with E-state index in [4.69, 9.17) is 11.6 Å². The maximum absolute atomic E-state index is 12.5. The van der Waals surface area contributed by atoms with E-state index in [1.807, 2.05) is 36.2 Å². The number of nitrogens with one attached hydrogen (secondary N) is 1. The molecule has 150 valence electrons. The van der Waals surface area contributed by atoms with Gasteiger partial charge in [-0.2, -0.15) is 4.31 Å². The van der Waals surface area contributed by atoms with Crippen molar-refractivity contribution in [1.82, 2.24) is 9.21 Å². The molecule has 0 saturated carbocycles. The van der Waals surface area contributed by atoms with Crippen LogP contribution in [0, 0.1) is 0 Å². The van der Waals surface area contributed by atoms with E-state index in [2.05, 4.69) is 5.32 Å². The molecule has 0 atom stereocenters. The highest BCUT2D eigenvalue weighted by atomic mass is 35.5. The minimum Gasteiger partial charge on any atom is -0.325 e. The average molecular weight is 422 g/mol. The Morgan fingerprint density at radius 3 is 2.29 bits per heavy atom. The van der Waals surface area contributed by atoms with Gasteiger partial charge in [-0.25, -0.2) is 8.42 Å². The highest BCUT2D eigenvalue weighted by molar-refractivity contribution is 7.89. The van der Waals surface area contributed by atoms with Gasteiger partial charge in [-0.05, 0) is 61.9 Å². The second-order valence-corrected chi connectivity index (χ2v) is 9.36. The molecule has 2 aromatic carbocycles. The summed E-state index contributed by atoms with van der Waals surface area (Å²) in [5.41, 5.74) is 1.64. The third-order valence-electron chi connectivity index (χ3n) is 4.62. The molecule has 0 unspecified atom stereocenters. The summed E-state index contributed by atoms with van der Waals surface area (Å²) in [4.78, 5) is 14.4. The second kappa shape index (κ2) is 9.05. The smallest absolute Gasteiger partial charge is 0.243 e. The first-order valence-corrected chi connectivity index (χ1v) is 11.0. The molecule has 1 aliphatic heterocycles. The topological polar surface area (TPSA) is 69.7 Å². The molecular weight excluding hydrogens is 398 g/mol. The number of halogens is 1. The Morgan fingerprint density at radius 1 is 1.07 bits per heavy atom. The lowest BCUT2D eigenvalue weighted by atomic mass is 10.2. The number of benzene rings is 2. The summed E-state index contributed by atoms with van der Waals surface area (Å²) in [5, 5.41) is 3.49. The van der Waals surface area contributed by atoms with Crippen molar-refractivity contribution < 1.29 is 13.2 Å². The zero-order valence-electron chi connectivity index (χ0n) is 15.8. The molecule has 1 heterocycles. The summed E-state index contributed by atoms with van der Waals surface area (Å²) < 4.78 is 26.6. The van der Waals surface area contributed by atoms with Crippen molar-refractivity contribution in [3.63, 3.8) is 0 Å². The molecule has 0 spiro atoms. The summed E-state index contributed by atoms with van der Waals surface area (Å²) in [5.74, 6) is -0.161. The predicted molar refractivity (Wildman–Crippen MR) is 111 cm³/mol. The number of carbonyl (C=O) groups is 1. The molecule has 1 fully saturated rings. The molecule has 0 aromatic heterocycles. The first-order chi connectivity index (χ1) is 13.3. The van der Waals surface area contributed by atoms with Crippen LogP contribution in [0.15, 0.2) is 53.4 Å². The van der Waals surface area contributed by atoms with Gasteiger partial charge in [0.1, 0.15) is 0 Å². The third-order valence-corrected chi connectivity index (χ3v) is 6.78. The minimum absolute atomic E-state index is 0.161. The van der Waals surface area contributed by atoms with Gasteiger partial charge in [0.2, 0.25) is 15.9 Å². The van der Waals surface area contributed by atoms with Crippen LogP contribution in [-0.2, 0) is 21.4 Å². The zero-order valence-corrected chi connectivity index (χ0v) is 17.3. The molecule has 1 amide bonds. The molecule has 3 rings (SSSR count). The van der Waals surface area contributed by atoms with Gasteiger partial charge >= 0.3 is 0 Å². The average Bonchev–Trinajstić information content (AvgIpc) is 3.19. The highest BCUT2D eigenvalue weighted by Crippen LogP contribution is 2.22. The fourth-order valence-corrected chi connectivity index (χ4v) is 4.83.